The van der Waals surface area contributed by atoms with E-state index in [-0.39, 0.29) is 0 Å². The molecule has 0 aliphatic heterocycles. The number of rotatable bonds is 6. The van der Waals surface area contributed by atoms with Crippen molar-refractivity contribution in [3.63, 3.8) is 0 Å². The quantitative estimate of drug-likeness (QED) is 0.749. The van der Waals surface area contributed by atoms with Gasteiger partial charge in [0, 0.05) is 11.1 Å². The van der Waals surface area contributed by atoms with Crippen molar-refractivity contribution in [2.24, 2.45) is 17.8 Å². The zero-order valence-corrected chi connectivity index (χ0v) is 14.5. The Bertz CT molecular complexity index is 412. The summed E-state index contributed by atoms with van der Waals surface area (Å²) < 4.78 is 0. The summed E-state index contributed by atoms with van der Waals surface area (Å²) in [5, 5.41) is 4.49. The van der Waals surface area contributed by atoms with Crippen LogP contribution in [0.2, 0.25) is 5.02 Å². The lowest BCUT2D eigenvalue weighted by Crippen LogP contribution is -2.36. The molecule has 1 fully saturated rings. The zero-order valence-electron chi connectivity index (χ0n) is 13.7. The highest BCUT2D eigenvalue weighted by molar-refractivity contribution is 6.30. The molecular weight excluding hydrogens is 278 g/mol. The second kappa shape index (κ2) is 8.19. The molecule has 1 nitrogen and oxygen atoms in total. The fraction of sp³-hybridized carbons (Fsp3) is 0.684. The van der Waals surface area contributed by atoms with Crippen LogP contribution in [0.4, 0.5) is 0 Å². The third kappa shape index (κ3) is 5.30. The number of hydrogen-bond donors (Lipinski definition) is 1. The van der Waals surface area contributed by atoms with E-state index >= 15 is 0 Å². The molecule has 2 heteroatoms. The molecule has 1 aliphatic rings. The van der Waals surface area contributed by atoms with E-state index in [0.717, 1.165) is 22.8 Å². The first kappa shape index (κ1) is 16.8. The number of hydrogen-bond acceptors (Lipinski definition) is 1. The Morgan fingerprint density at radius 1 is 1.14 bits per heavy atom. The molecule has 0 aromatic heterocycles. The van der Waals surface area contributed by atoms with E-state index in [1.165, 1.54) is 44.2 Å². The molecule has 0 heterocycles. The number of benzene rings is 1. The van der Waals surface area contributed by atoms with Crippen molar-refractivity contribution in [3.05, 3.63) is 34.9 Å². The van der Waals surface area contributed by atoms with Crippen LogP contribution >= 0.6 is 11.6 Å². The Labute approximate surface area is 135 Å². The summed E-state index contributed by atoms with van der Waals surface area (Å²) >= 11 is 6.00. The Morgan fingerprint density at radius 3 is 2.48 bits per heavy atom. The second-order valence-corrected chi connectivity index (χ2v) is 7.44. The van der Waals surface area contributed by atoms with E-state index in [9.17, 15) is 0 Å². The fourth-order valence-corrected chi connectivity index (χ4v) is 3.75. The first-order chi connectivity index (χ1) is 10.1. The Hall–Kier alpha value is -0.530. The molecule has 1 aliphatic carbocycles. The SMILES string of the molecule is CCC1CCC(CNC(C)C)C(Cc2ccc(Cl)cc2)C1. The molecule has 118 valence electrons. The minimum absolute atomic E-state index is 0.588. The van der Waals surface area contributed by atoms with E-state index in [0.29, 0.717) is 6.04 Å². The molecule has 0 saturated heterocycles. The average molecular weight is 308 g/mol. The van der Waals surface area contributed by atoms with Gasteiger partial charge in [0.2, 0.25) is 0 Å². The number of nitrogens with one attached hydrogen (secondary N) is 1. The monoisotopic (exact) mass is 307 g/mol. The van der Waals surface area contributed by atoms with Crippen molar-refractivity contribution in [1.82, 2.24) is 5.32 Å². The molecule has 3 atom stereocenters. The molecule has 21 heavy (non-hydrogen) atoms. The first-order valence-corrected chi connectivity index (χ1v) is 8.94. The molecule has 1 aromatic rings. The minimum atomic E-state index is 0.588. The number of halogens is 1. The molecule has 0 bridgehead atoms. The van der Waals surface area contributed by atoms with Gasteiger partial charge >= 0.3 is 0 Å². The van der Waals surface area contributed by atoms with Crippen LogP contribution in [0.15, 0.2) is 24.3 Å². The van der Waals surface area contributed by atoms with Crippen molar-refractivity contribution in [3.8, 4) is 0 Å². The summed E-state index contributed by atoms with van der Waals surface area (Å²) in [4.78, 5) is 0. The Balaban J connectivity index is 2.00. The van der Waals surface area contributed by atoms with Crippen LogP contribution in [-0.2, 0) is 6.42 Å². The highest BCUT2D eigenvalue weighted by atomic mass is 35.5. The maximum Gasteiger partial charge on any atom is 0.0406 e. The highest BCUT2D eigenvalue weighted by Crippen LogP contribution is 2.37. The van der Waals surface area contributed by atoms with E-state index in [4.69, 9.17) is 11.6 Å². The van der Waals surface area contributed by atoms with E-state index in [1.54, 1.807) is 0 Å². The topological polar surface area (TPSA) is 12.0 Å². The first-order valence-electron chi connectivity index (χ1n) is 8.56. The lowest BCUT2D eigenvalue weighted by atomic mass is 9.71. The molecule has 3 unspecified atom stereocenters. The van der Waals surface area contributed by atoms with Crippen molar-refractivity contribution < 1.29 is 0 Å². The molecule has 0 radical (unpaired) electrons. The summed E-state index contributed by atoms with van der Waals surface area (Å²) in [6.07, 6.45) is 6.73. The standard InChI is InChI=1S/C19H30ClN/c1-4-15-5-8-17(13-21-14(2)3)18(11-15)12-16-6-9-19(20)10-7-16/h6-7,9-10,14-15,17-18,21H,4-5,8,11-13H2,1-3H3. The predicted octanol–water partition coefficient (Wildman–Crippen LogP) is 5.32. The van der Waals surface area contributed by atoms with Gasteiger partial charge in [-0.3, -0.25) is 0 Å². The van der Waals surface area contributed by atoms with Gasteiger partial charge in [-0.05, 0) is 61.3 Å². The summed E-state index contributed by atoms with van der Waals surface area (Å²) in [7, 11) is 0. The van der Waals surface area contributed by atoms with Gasteiger partial charge in [-0.1, -0.05) is 57.3 Å². The molecule has 2 rings (SSSR count). The van der Waals surface area contributed by atoms with Crippen LogP contribution in [0.3, 0.4) is 0 Å². The molecular formula is C19H30ClN. The van der Waals surface area contributed by atoms with Gasteiger partial charge in [-0.25, -0.2) is 0 Å². The third-order valence-corrected chi connectivity index (χ3v) is 5.28. The van der Waals surface area contributed by atoms with E-state index in [1.807, 2.05) is 12.1 Å². The summed E-state index contributed by atoms with van der Waals surface area (Å²) in [6.45, 7) is 8.00. The smallest absolute Gasteiger partial charge is 0.0406 e. The maximum atomic E-state index is 6.00. The van der Waals surface area contributed by atoms with E-state index < -0.39 is 0 Å². The summed E-state index contributed by atoms with van der Waals surface area (Å²) in [5.41, 5.74) is 1.44. The van der Waals surface area contributed by atoms with Gasteiger partial charge in [0.15, 0.2) is 0 Å². The normalized spacial score (nSPS) is 26.2. The van der Waals surface area contributed by atoms with Crippen molar-refractivity contribution >= 4 is 11.6 Å². The zero-order chi connectivity index (χ0) is 15.2. The van der Waals surface area contributed by atoms with Crippen LogP contribution in [-0.4, -0.2) is 12.6 Å². The summed E-state index contributed by atoms with van der Waals surface area (Å²) in [6, 6.07) is 9.04. The lowest BCUT2D eigenvalue weighted by molar-refractivity contribution is 0.169. The molecule has 0 amide bonds. The maximum absolute atomic E-state index is 6.00. The summed E-state index contributed by atoms with van der Waals surface area (Å²) in [5.74, 6) is 2.57. The largest absolute Gasteiger partial charge is 0.314 e. The van der Waals surface area contributed by atoms with Crippen molar-refractivity contribution in [2.45, 2.75) is 58.9 Å². The van der Waals surface area contributed by atoms with Gasteiger partial charge in [0.1, 0.15) is 0 Å². The third-order valence-electron chi connectivity index (χ3n) is 5.03. The molecule has 1 saturated carbocycles. The average Bonchev–Trinajstić information content (AvgIpc) is 2.48. The van der Waals surface area contributed by atoms with Gasteiger partial charge in [0.05, 0.1) is 0 Å². The highest BCUT2D eigenvalue weighted by Gasteiger charge is 2.29. The van der Waals surface area contributed by atoms with Crippen molar-refractivity contribution in [1.29, 1.82) is 0 Å². The van der Waals surface area contributed by atoms with Gasteiger partial charge in [-0.15, -0.1) is 0 Å². The lowest BCUT2D eigenvalue weighted by Gasteiger charge is -2.37. The van der Waals surface area contributed by atoms with Gasteiger partial charge < -0.3 is 5.32 Å². The van der Waals surface area contributed by atoms with Crippen molar-refractivity contribution in [2.75, 3.05) is 6.54 Å². The van der Waals surface area contributed by atoms with Crippen LogP contribution in [0.1, 0.15) is 52.0 Å². The Morgan fingerprint density at radius 2 is 1.86 bits per heavy atom. The van der Waals surface area contributed by atoms with Gasteiger partial charge in [0.25, 0.3) is 0 Å². The fourth-order valence-electron chi connectivity index (χ4n) is 3.62. The van der Waals surface area contributed by atoms with Crippen LogP contribution < -0.4 is 5.32 Å². The van der Waals surface area contributed by atoms with E-state index in [2.05, 4.69) is 38.2 Å². The van der Waals surface area contributed by atoms with Crippen LogP contribution in [0.5, 0.6) is 0 Å². The Kier molecular flexibility index (Phi) is 6.57. The molecule has 1 aromatic carbocycles. The molecule has 0 spiro atoms. The predicted molar refractivity (Wildman–Crippen MR) is 92.9 cm³/mol. The molecule has 1 N–H and O–H groups in total. The van der Waals surface area contributed by atoms with Crippen LogP contribution in [0.25, 0.3) is 0 Å². The van der Waals surface area contributed by atoms with Crippen LogP contribution in [0, 0.1) is 17.8 Å². The van der Waals surface area contributed by atoms with Gasteiger partial charge in [-0.2, -0.15) is 0 Å². The minimum Gasteiger partial charge on any atom is -0.314 e. The second-order valence-electron chi connectivity index (χ2n) is 7.00.